The molecule has 20 heavy (non-hydrogen) atoms. The number of rotatable bonds is 5. The Labute approximate surface area is 127 Å². The van der Waals surface area contributed by atoms with Gasteiger partial charge in [-0.1, -0.05) is 13.8 Å². The Bertz CT molecular complexity index is 559. The monoisotopic (exact) mass is 336 g/mol. The van der Waals surface area contributed by atoms with E-state index < -0.39 is 0 Å². The van der Waals surface area contributed by atoms with Gasteiger partial charge in [-0.15, -0.1) is 0 Å². The van der Waals surface area contributed by atoms with Crippen LogP contribution in [0.5, 0.6) is 11.6 Å². The average molecular weight is 337 g/mol. The minimum atomic E-state index is 0.499. The second-order valence-corrected chi connectivity index (χ2v) is 5.74. The average Bonchev–Trinajstić information content (AvgIpc) is 2.41. The largest absolute Gasteiger partial charge is 0.435 e. The Kier molecular flexibility index (Phi) is 4.89. The number of hydrogen-bond acceptors (Lipinski definition) is 5. The van der Waals surface area contributed by atoms with Crippen molar-refractivity contribution in [2.75, 3.05) is 18.5 Å². The van der Waals surface area contributed by atoms with Gasteiger partial charge in [-0.05, 0) is 34.0 Å². The highest BCUT2D eigenvalue weighted by Crippen LogP contribution is 2.26. The summed E-state index contributed by atoms with van der Waals surface area (Å²) in [7, 11) is 1.98. The van der Waals surface area contributed by atoms with E-state index in [9.17, 15) is 0 Å². The normalized spacial score (nSPS) is 10.7. The fourth-order valence-electron chi connectivity index (χ4n) is 1.75. The molecule has 0 aliphatic carbocycles. The van der Waals surface area contributed by atoms with Crippen LogP contribution < -0.4 is 9.64 Å². The molecule has 2 aromatic heterocycles. The molecule has 0 bridgehead atoms. The first kappa shape index (κ1) is 14.7. The van der Waals surface area contributed by atoms with Crippen LogP contribution in [0.1, 0.15) is 13.8 Å². The van der Waals surface area contributed by atoms with Crippen molar-refractivity contribution in [1.82, 2.24) is 15.0 Å². The third-order valence-electron chi connectivity index (χ3n) is 2.53. The first-order valence-corrected chi connectivity index (χ1v) is 7.17. The number of ether oxygens (including phenoxy) is 1. The van der Waals surface area contributed by atoms with Gasteiger partial charge in [0.05, 0.1) is 16.9 Å². The van der Waals surface area contributed by atoms with Crippen LogP contribution in [-0.4, -0.2) is 28.5 Å². The molecule has 2 rings (SSSR count). The second-order valence-electron chi connectivity index (χ2n) is 4.89. The lowest BCUT2D eigenvalue weighted by Crippen LogP contribution is -2.24. The predicted octanol–water partition coefficient (Wildman–Crippen LogP) is 3.52. The standard InChI is InChI=1S/C14H17BrN4O/c1-10(2)9-19(3)14-17-7-11(8-18-14)20-13-12(15)5-4-6-16-13/h4-8,10H,9H2,1-3H3. The summed E-state index contributed by atoms with van der Waals surface area (Å²) >= 11 is 3.38. The van der Waals surface area contributed by atoms with Gasteiger partial charge >= 0.3 is 0 Å². The number of hydrogen-bond donors (Lipinski definition) is 0. The third kappa shape index (κ3) is 3.90. The zero-order chi connectivity index (χ0) is 14.5. The van der Waals surface area contributed by atoms with E-state index in [1.54, 1.807) is 18.6 Å². The molecule has 0 radical (unpaired) electrons. The molecule has 5 nitrogen and oxygen atoms in total. The molecule has 0 aliphatic heterocycles. The van der Waals surface area contributed by atoms with E-state index in [2.05, 4.69) is 44.7 Å². The van der Waals surface area contributed by atoms with E-state index in [1.165, 1.54) is 0 Å². The van der Waals surface area contributed by atoms with E-state index >= 15 is 0 Å². The first-order valence-electron chi connectivity index (χ1n) is 6.38. The van der Waals surface area contributed by atoms with E-state index in [0.29, 0.717) is 23.5 Å². The fourth-order valence-corrected chi connectivity index (χ4v) is 2.08. The van der Waals surface area contributed by atoms with Crippen LogP contribution in [0.25, 0.3) is 0 Å². The molecule has 6 heteroatoms. The Morgan fingerprint density at radius 2 is 1.95 bits per heavy atom. The molecular formula is C14H17BrN4O. The van der Waals surface area contributed by atoms with Gasteiger partial charge in [-0.2, -0.15) is 0 Å². The first-order chi connectivity index (χ1) is 9.56. The lowest BCUT2D eigenvalue weighted by atomic mass is 10.2. The molecule has 0 aliphatic rings. The maximum Gasteiger partial charge on any atom is 0.233 e. The van der Waals surface area contributed by atoms with Crippen LogP contribution in [0.2, 0.25) is 0 Å². The van der Waals surface area contributed by atoms with Crippen LogP contribution in [0.3, 0.4) is 0 Å². The zero-order valence-electron chi connectivity index (χ0n) is 11.7. The van der Waals surface area contributed by atoms with E-state index in [4.69, 9.17) is 4.74 Å². The van der Waals surface area contributed by atoms with Crippen molar-refractivity contribution >= 4 is 21.9 Å². The van der Waals surface area contributed by atoms with Crippen molar-refractivity contribution in [2.45, 2.75) is 13.8 Å². The molecule has 0 amide bonds. The van der Waals surface area contributed by atoms with E-state index in [1.807, 2.05) is 24.1 Å². The van der Waals surface area contributed by atoms with Crippen molar-refractivity contribution in [1.29, 1.82) is 0 Å². The lowest BCUT2D eigenvalue weighted by molar-refractivity contribution is 0.455. The summed E-state index contributed by atoms with van der Waals surface area (Å²) in [5, 5.41) is 0. The SMILES string of the molecule is CC(C)CN(C)c1ncc(Oc2ncccc2Br)cn1. The molecule has 0 atom stereocenters. The summed E-state index contributed by atoms with van der Waals surface area (Å²) in [6.45, 7) is 5.23. The Hall–Kier alpha value is -1.69. The minimum absolute atomic E-state index is 0.499. The molecule has 0 aromatic carbocycles. The molecule has 2 heterocycles. The van der Waals surface area contributed by atoms with Crippen molar-refractivity contribution in [3.63, 3.8) is 0 Å². The number of nitrogens with zero attached hydrogens (tertiary/aromatic N) is 4. The highest BCUT2D eigenvalue weighted by molar-refractivity contribution is 9.10. The van der Waals surface area contributed by atoms with Gasteiger partial charge in [-0.25, -0.2) is 15.0 Å². The summed E-state index contributed by atoms with van der Waals surface area (Å²) < 4.78 is 6.42. The summed E-state index contributed by atoms with van der Waals surface area (Å²) in [4.78, 5) is 14.8. The molecule has 0 saturated heterocycles. The summed E-state index contributed by atoms with van der Waals surface area (Å²) in [6.07, 6.45) is 4.98. The Balaban J connectivity index is 2.07. The van der Waals surface area contributed by atoms with Gasteiger partial charge in [0, 0.05) is 19.8 Å². The van der Waals surface area contributed by atoms with Crippen LogP contribution in [-0.2, 0) is 0 Å². The quantitative estimate of drug-likeness (QED) is 0.836. The molecule has 0 N–H and O–H groups in total. The second kappa shape index (κ2) is 6.65. The van der Waals surface area contributed by atoms with Crippen LogP contribution in [0, 0.1) is 5.92 Å². The summed E-state index contributed by atoms with van der Waals surface area (Å²) in [5.74, 6) is 2.31. The van der Waals surface area contributed by atoms with Gasteiger partial charge < -0.3 is 9.64 Å². The fraction of sp³-hybridized carbons (Fsp3) is 0.357. The highest BCUT2D eigenvalue weighted by Gasteiger charge is 2.08. The van der Waals surface area contributed by atoms with E-state index in [0.717, 1.165) is 11.0 Å². The molecule has 2 aromatic rings. The van der Waals surface area contributed by atoms with Crippen molar-refractivity contribution in [2.24, 2.45) is 5.92 Å². The number of halogens is 1. The summed E-state index contributed by atoms with van der Waals surface area (Å²) in [5.41, 5.74) is 0. The maximum atomic E-state index is 5.62. The molecular weight excluding hydrogens is 320 g/mol. The van der Waals surface area contributed by atoms with Crippen LogP contribution in [0.4, 0.5) is 5.95 Å². The minimum Gasteiger partial charge on any atom is -0.435 e. The molecule has 0 saturated carbocycles. The Morgan fingerprint density at radius 3 is 2.55 bits per heavy atom. The van der Waals surface area contributed by atoms with Gasteiger partial charge in [0.2, 0.25) is 11.8 Å². The smallest absolute Gasteiger partial charge is 0.233 e. The van der Waals surface area contributed by atoms with Crippen molar-refractivity contribution in [3.8, 4) is 11.6 Å². The number of pyridine rings is 1. The highest BCUT2D eigenvalue weighted by atomic mass is 79.9. The van der Waals surface area contributed by atoms with Gasteiger partial charge in [0.25, 0.3) is 0 Å². The number of anilines is 1. The lowest BCUT2D eigenvalue weighted by Gasteiger charge is -2.18. The number of aromatic nitrogens is 3. The zero-order valence-corrected chi connectivity index (χ0v) is 13.3. The maximum absolute atomic E-state index is 5.62. The molecule has 0 fully saturated rings. The van der Waals surface area contributed by atoms with Crippen molar-refractivity contribution in [3.05, 3.63) is 35.2 Å². The molecule has 0 spiro atoms. The molecule has 106 valence electrons. The topological polar surface area (TPSA) is 51.1 Å². The van der Waals surface area contributed by atoms with Crippen molar-refractivity contribution < 1.29 is 4.74 Å². The van der Waals surface area contributed by atoms with Gasteiger partial charge in [-0.3, -0.25) is 0 Å². The Morgan fingerprint density at radius 1 is 1.25 bits per heavy atom. The predicted molar refractivity (Wildman–Crippen MR) is 82.2 cm³/mol. The summed E-state index contributed by atoms with van der Waals surface area (Å²) in [6, 6.07) is 3.70. The molecule has 0 unspecified atom stereocenters. The van der Waals surface area contributed by atoms with E-state index in [-0.39, 0.29) is 0 Å². The third-order valence-corrected chi connectivity index (χ3v) is 3.14. The van der Waals surface area contributed by atoms with Gasteiger partial charge in [0.15, 0.2) is 5.75 Å². The van der Waals surface area contributed by atoms with Gasteiger partial charge in [0.1, 0.15) is 0 Å². The van der Waals surface area contributed by atoms with Crippen LogP contribution >= 0.6 is 15.9 Å². The van der Waals surface area contributed by atoms with Crippen LogP contribution in [0.15, 0.2) is 35.2 Å².